The summed E-state index contributed by atoms with van der Waals surface area (Å²) in [6, 6.07) is 9.78. The molecule has 0 atom stereocenters. The van der Waals surface area contributed by atoms with Crippen LogP contribution in [0.5, 0.6) is 0 Å². The molecule has 1 aliphatic heterocycles. The molecule has 0 unspecified atom stereocenters. The van der Waals surface area contributed by atoms with E-state index >= 15 is 0 Å². The van der Waals surface area contributed by atoms with Gasteiger partial charge in [0.25, 0.3) is 5.03 Å². The maximum atomic E-state index is 12.9. The van der Waals surface area contributed by atoms with Crippen molar-refractivity contribution < 1.29 is 17.9 Å². The second-order valence-corrected chi connectivity index (χ2v) is 9.58. The van der Waals surface area contributed by atoms with Gasteiger partial charge in [0, 0.05) is 30.9 Å². The topological polar surface area (TPSA) is 93.4 Å². The van der Waals surface area contributed by atoms with Gasteiger partial charge in [-0.3, -0.25) is 4.79 Å². The second kappa shape index (κ2) is 8.93. The van der Waals surface area contributed by atoms with Gasteiger partial charge in [0.15, 0.2) is 6.20 Å². The first-order chi connectivity index (χ1) is 13.4. The Kier molecular flexibility index (Phi) is 6.58. The molecule has 1 aromatic carbocycles. The van der Waals surface area contributed by atoms with Gasteiger partial charge < -0.3 is 10.5 Å². The minimum atomic E-state index is -3.57. The molecule has 1 saturated heterocycles. The summed E-state index contributed by atoms with van der Waals surface area (Å²) in [6.45, 7) is 2.87. The highest BCUT2D eigenvalue weighted by Gasteiger charge is 2.26. The van der Waals surface area contributed by atoms with Crippen LogP contribution in [0.2, 0.25) is 0 Å². The number of benzene rings is 1. The predicted octanol–water partition coefficient (Wildman–Crippen LogP) is 2.53. The Hall–Kier alpha value is -2.10. The van der Waals surface area contributed by atoms with Gasteiger partial charge in [-0.05, 0) is 55.3 Å². The normalized spacial score (nSPS) is 15.3. The Balaban J connectivity index is 1.71. The number of thioether (sulfide) groups is 1. The van der Waals surface area contributed by atoms with E-state index in [1.807, 2.05) is 6.92 Å². The highest BCUT2D eigenvalue weighted by Crippen LogP contribution is 2.25. The Bertz CT molecular complexity index is 957. The Labute approximate surface area is 169 Å². The number of rotatable bonds is 6. The molecule has 1 fully saturated rings. The van der Waals surface area contributed by atoms with E-state index < -0.39 is 10.0 Å². The first-order valence-corrected chi connectivity index (χ1v) is 11.5. The molecule has 2 aromatic rings. The van der Waals surface area contributed by atoms with Crippen LogP contribution in [0.3, 0.4) is 0 Å². The number of aromatic nitrogens is 1. The minimum Gasteiger partial charge on any atom is -0.618 e. The van der Waals surface area contributed by atoms with Crippen LogP contribution in [-0.4, -0.2) is 37.5 Å². The van der Waals surface area contributed by atoms with Crippen LogP contribution in [0.1, 0.15) is 24.8 Å². The van der Waals surface area contributed by atoms with E-state index in [1.165, 1.54) is 16.6 Å². The fraction of sp³-hybridized carbons (Fsp3) is 0.368. The van der Waals surface area contributed by atoms with Crippen LogP contribution in [0.4, 0.5) is 5.69 Å². The van der Waals surface area contributed by atoms with Gasteiger partial charge in [0.05, 0.1) is 10.6 Å². The molecule has 1 aromatic heterocycles. The van der Waals surface area contributed by atoms with Gasteiger partial charge in [-0.2, -0.15) is 9.04 Å². The standard InChI is InChI=1S/C19H23N3O4S2/c1-15-8-9-16(28(25,26)21-10-4-2-5-11-21)13-17(15)20-18(23)14-27-19-7-3-6-12-22(19)24/h3,6-9,12-13H,2,4-5,10-11,14H2,1H3,(H,20,23). The first kappa shape index (κ1) is 20.6. The van der Waals surface area contributed by atoms with E-state index in [2.05, 4.69) is 5.32 Å². The number of carbonyl (C=O) groups is 1. The number of carbonyl (C=O) groups excluding carboxylic acids is 1. The molecule has 0 saturated carbocycles. The van der Waals surface area contributed by atoms with Crippen LogP contribution in [0, 0.1) is 12.1 Å². The summed E-state index contributed by atoms with van der Waals surface area (Å²) in [5.41, 5.74) is 1.24. The molecule has 1 amide bonds. The van der Waals surface area contributed by atoms with Gasteiger partial charge in [0.1, 0.15) is 0 Å². The van der Waals surface area contributed by atoms with Crippen LogP contribution >= 0.6 is 11.8 Å². The van der Waals surface area contributed by atoms with Crippen molar-refractivity contribution in [1.29, 1.82) is 0 Å². The minimum absolute atomic E-state index is 0.0504. The van der Waals surface area contributed by atoms with Crippen LogP contribution in [0.25, 0.3) is 0 Å². The van der Waals surface area contributed by atoms with Crippen molar-refractivity contribution in [2.75, 3.05) is 24.2 Å². The lowest BCUT2D eigenvalue weighted by molar-refractivity contribution is -0.645. The molecule has 1 aliphatic rings. The quantitative estimate of drug-likeness (QED) is 0.439. The molecule has 0 aliphatic carbocycles. The third-order valence-electron chi connectivity index (χ3n) is 4.58. The molecule has 2 heterocycles. The number of anilines is 1. The average molecular weight is 422 g/mol. The molecule has 3 rings (SSSR count). The lowest BCUT2D eigenvalue weighted by Gasteiger charge is -2.26. The molecule has 0 spiro atoms. The molecule has 150 valence electrons. The number of sulfonamides is 1. The van der Waals surface area contributed by atoms with Gasteiger partial charge >= 0.3 is 0 Å². The van der Waals surface area contributed by atoms with E-state index in [-0.39, 0.29) is 16.6 Å². The fourth-order valence-electron chi connectivity index (χ4n) is 3.00. The highest BCUT2D eigenvalue weighted by atomic mass is 32.2. The predicted molar refractivity (Wildman–Crippen MR) is 109 cm³/mol. The van der Waals surface area contributed by atoms with E-state index in [9.17, 15) is 18.4 Å². The Morgan fingerprint density at radius 1 is 1.21 bits per heavy atom. The fourth-order valence-corrected chi connectivity index (χ4v) is 5.26. The number of aryl methyl sites for hydroxylation is 1. The molecule has 7 nitrogen and oxygen atoms in total. The van der Waals surface area contributed by atoms with Gasteiger partial charge in [0.2, 0.25) is 15.9 Å². The number of nitrogens with one attached hydrogen (secondary N) is 1. The van der Waals surface area contributed by atoms with E-state index in [0.29, 0.717) is 28.5 Å². The van der Waals surface area contributed by atoms with Crippen molar-refractivity contribution in [3.8, 4) is 0 Å². The zero-order valence-corrected chi connectivity index (χ0v) is 17.3. The van der Waals surface area contributed by atoms with Gasteiger partial charge in [-0.25, -0.2) is 8.42 Å². The zero-order chi connectivity index (χ0) is 20.1. The number of hydrogen-bond donors (Lipinski definition) is 1. The van der Waals surface area contributed by atoms with E-state index in [4.69, 9.17) is 0 Å². The molecular formula is C19H23N3O4S2. The average Bonchev–Trinajstić information content (AvgIpc) is 2.69. The maximum absolute atomic E-state index is 12.9. The molecule has 0 bridgehead atoms. The number of nitrogens with zero attached hydrogens (tertiary/aromatic N) is 2. The number of piperidine rings is 1. The highest BCUT2D eigenvalue weighted by molar-refractivity contribution is 7.99. The third-order valence-corrected chi connectivity index (χ3v) is 7.49. The summed E-state index contributed by atoms with van der Waals surface area (Å²) < 4.78 is 27.9. The summed E-state index contributed by atoms with van der Waals surface area (Å²) in [4.78, 5) is 12.5. The Morgan fingerprint density at radius 2 is 1.96 bits per heavy atom. The maximum Gasteiger partial charge on any atom is 0.251 e. The summed E-state index contributed by atoms with van der Waals surface area (Å²) in [7, 11) is -3.57. The second-order valence-electron chi connectivity index (χ2n) is 6.64. The summed E-state index contributed by atoms with van der Waals surface area (Å²) in [5, 5.41) is 14.8. The zero-order valence-electron chi connectivity index (χ0n) is 15.6. The van der Waals surface area contributed by atoms with Crippen LogP contribution in [0.15, 0.2) is 52.5 Å². The smallest absolute Gasteiger partial charge is 0.251 e. The van der Waals surface area contributed by atoms with E-state index in [1.54, 1.807) is 30.3 Å². The van der Waals surface area contributed by atoms with Gasteiger partial charge in [-0.1, -0.05) is 12.5 Å². The monoisotopic (exact) mass is 421 g/mol. The van der Waals surface area contributed by atoms with Crippen molar-refractivity contribution in [3.63, 3.8) is 0 Å². The van der Waals surface area contributed by atoms with E-state index in [0.717, 1.165) is 36.6 Å². The van der Waals surface area contributed by atoms with Crippen molar-refractivity contribution >= 4 is 33.4 Å². The molecule has 9 heteroatoms. The lowest BCUT2D eigenvalue weighted by atomic mass is 10.2. The molecule has 0 radical (unpaired) electrons. The molecular weight excluding hydrogens is 398 g/mol. The van der Waals surface area contributed by atoms with Crippen molar-refractivity contribution in [1.82, 2.24) is 4.31 Å². The van der Waals surface area contributed by atoms with Crippen molar-refractivity contribution in [2.24, 2.45) is 0 Å². The van der Waals surface area contributed by atoms with Crippen LogP contribution < -0.4 is 10.0 Å². The number of hydrogen-bond acceptors (Lipinski definition) is 5. The SMILES string of the molecule is Cc1ccc(S(=O)(=O)N2CCCCC2)cc1NC(=O)CSc1cccc[n+]1[O-]. The lowest BCUT2D eigenvalue weighted by Crippen LogP contribution is -2.35. The third kappa shape index (κ3) is 4.84. The van der Waals surface area contributed by atoms with Gasteiger partial charge in [-0.15, -0.1) is 0 Å². The summed E-state index contributed by atoms with van der Waals surface area (Å²) in [5.74, 6) is -0.251. The summed E-state index contributed by atoms with van der Waals surface area (Å²) >= 11 is 1.12. The molecule has 28 heavy (non-hydrogen) atoms. The first-order valence-electron chi connectivity index (χ1n) is 9.09. The van der Waals surface area contributed by atoms with Crippen molar-refractivity contribution in [2.45, 2.75) is 36.1 Å². The molecule has 1 N–H and O–H groups in total. The summed E-state index contributed by atoms with van der Waals surface area (Å²) in [6.07, 6.45) is 4.15. The number of amides is 1. The van der Waals surface area contributed by atoms with Crippen molar-refractivity contribution in [3.05, 3.63) is 53.4 Å². The van der Waals surface area contributed by atoms with Crippen LogP contribution in [-0.2, 0) is 14.8 Å². The largest absolute Gasteiger partial charge is 0.618 e. The Morgan fingerprint density at radius 3 is 2.68 bits per heavy atom. The number of pyridine rings is 1.